The summed E-state index contributed by atoms with van der Waals surface area (Å²) in [6, 6.07) is 8.16. The lowest BCUT2D eigenvalue weighted by Crippen LogP contribution is -2.52. The minimum absolute atomic E-state index is 0.0327. The van der Waals surface area contributed by atoms with E-state index in [1.807, 2.05) is 24.8 Å². The molecule has 10 heteroatoms. The number of sulfonamides is 1. The molecule has 2 aliphatic heterocycles. The smallest absolute Gasteiger partial charge is 0.243 e. The topological polar surface area (TPSA) is 86.7 Å². The molecule has 0 bridgehead atoms. The SMILES string of the molecule is Cc1cc(N2CCC(C(=O)N3CCN(S(=O)(=O)c4ccc(Cl)cc4)CC3)CC2)nc(C)n1. The maximum absolute atomic E-state index is 13.1. The number of nitrogens with zero attached hydrogens (tertiary/aromatic N) is 5. The van der Waals surface area contributed by atoms with Crippen LogP contribution in [0, 0.1) is 19.8 Å². The molecule has 0 radical (unpaired) electrons. The van der Waals surface area contributed by atoms with Crippen LogP contribution in [0.5, 0.6) is 0 Å². The lowest BCUT2D eigenvalue weighted by Gasteiger charge is -2.38. The number of piperidine rings is 1. The van der Waals surface area contributed by atoms with Gasteiger partial charge in [-0.25, -0.2) is 18.4 Å². The summed E-state index contributed by atoms with van der Waals surface area (Å²) in [7, 11) is -3.58. The number of hydrogen-bond donors (Lipinski definition) is 0. The Hall–Kier alpha value is -2.23. The van der Waals surface area contributed by atoms with Crippen molar-refractivity contribution in [2.75, 3.05) is 44.2 Å². The Kier molecular flexibility index (Phi) is 6.69. The van der Waals surface area contributed by atoms with Crippen LogP contribution in [-0.2, 0) is 14.8 Å². The van der Waals surface area contributed by atoms with E-state index >= 15 is 0 Å². The molecule has 172 valence electrons. The van der Waals surface area contributed by atoms with Gasteiger partial charge in [0.05, 0.1) is 4.90 Å². The molecule has 1 amide bonds. The number of amides is 1. The third-order valence-corrected chi connectivity index (χ3v) is 8.29. The van der Waals surface area contributed by atoms with Gasteiger partial charge in [0.1, 0.15) is 11.6 Å². The largest absolute Gasteiger partial charge is 0.356 e. The van der Waals surface area contributed by atoms with E-state index < -0.39 is 10.0 Å². The van der Waals surface area contributed by atoms with Crippen LogP contribution in [0.1, 0.15) is 24.4 Å². The summed E-state index contributed by atoms with van der Waals surface area (Å²) in [5.74, 6) is 1.77. The molecular formula is C22H28ClN5O3S. The van der Waals surface area contributed by atoms with Crippen LogP contribution in [0.3, 0.4) is 0 Å². The molecule has 1 aromatic carbocycles. The summed E-state index contributed by atoms with van der Waals surface area (Å²) in [6.45, 7) is 6.83. The highest BCUT2D eigenvalue weighted by Crippen LogP contribution is 2.25. The Bertz CT molecular complexity index is 1060. The van der Waals surface area contributed by atoms with E-state index in [4.69, 9.17) is 11.6 Å². The second-order valence-corrected chi connectivity index (χ2v) is 10.7. The van der Waals surface area contributed by atoms with Gasteiger partial charge in [-0.05, 0) is 51.0 Å². The quantitative estimate of drug-likeness (QED) is 0.672. The van der Waals surface area contributed by atoms with Gasteiger partial charge in [0.25, 0.3) is 0 Å². The molecule has 0 atom stereocenters. The Balaban J connectivity index is 1.32. The van der Waals surface area contributed by atoms with Crippen LogP contribution in [0.4, 0.5) is 5.82 Å². The van der Waals surface area contributed by atoms with E-state index in [1.54, 1.807) is 12.1 Å². The third kappa shape index (κ3) is 4.89. The summed E-state index contributed by atoms with van der Waals surface area (Å²) in [5.41, 5.74) is 0.942. The Morgan fingerprint density at radius 2 is 1.59 bits per heavy atom. The molecule has 2 aliphatic rings. The Morgan fingerprint density at radius 1 is 0.969 bits per heavy atom. The molecule has 0 saturated carbocycles. The minimum atomic E-state index is -3.58. The minimum Gasteiger partial charge on any atom is -0.356 e. The van der Waals surface area contributed by atoms with Crippen molar-refractivity contribution in [1.29, 1.82) is 0 Å². The van der Waals surface area contributed by atoms with Gasteiger partial charge in [0, 0.05) is 62.0 Å². The van der Waals surface area contributed by atoms with Crippen LogP contribution in [-0.4, -0.2) is 72.8 Å². The van der Waals surface area contributed by atoms with Gasteiger partial charge in [0.15, 0.2) is 0 Å². The molecule has 2 saturated heterocycles. The van der Waals surface area contributed by atoms with E-state index in [0.29, 0.717) is 31.2 Å². The molecular weight excluding hydrogens is 450 g/mol. The first kappa shape index (κ1) is 22.9. The second kappa shape index (κ2) is 9.33. The number of halogens is 1. The number of piperazine rings is 1. The van der Waals surface area contributed by atoms with Gasteiger partial charge in [0.2, 0.25) is 15.9 Å². The molecule has 0 N–H and O–H groups in total. The summed E-state index contributed by atoms with van der Waals surface area (Å²) in [5, 5.41) is 0.496. The van der Waals surface area contributed by atoms with E-state index in [0.717, 1.165) is 43.3 Å². The molecule has 0 spiro atoms. The molecule has 8 nitrogen and oxygen atoms in total. The van der Waals surface area contributed by atoms with Crippen molar-refractivity contribution in [2.45, 2.75) is 31.6 Å². The number of carbonyl (C=O) groups excluding carboxylic acids is 1. The van der Waals surface area contributed by atoms with Crippen molar-refractivity contribution in [3.8, 4) is 0 Å². The molecule has 32 heavy (non-hydrogen) atoms. The van der Waals surface area contributed by atoms with E-state index in [-0.39, 0.29) is 16.7 Å². The lowest BCUT2D eigenvalue weighted by molar-refractivity contribution is -0.137. The number of hydrogen-bond acceptors (Lipinski definition) is 6. The van der Waals surface area contributed by atoms with Crippen LogP contribution in [0.25, 0.3) is 0 Å². The fraction of sp³-hybridized carbons (Fsp3) is 0.500. The summed E-state index contributed by atoms with van der Waals surface area (Å²) < 4.78 is 27.2. The monoisotopic (exact) mass is 477 g/mol. The fourth-order valence-electron chi connectivity index (χ4n) is 4.38. The zero-order chi connectivity index (χ0) is 22.9. The van der Waals surface area contributed by atoms with Gasteiger partial charge in [-0.3, -0.25) is 4.79 Å². The normalized spacial score (nSPS) is 18.7. The summed E-state index contributed by atoms with van der Waals surface area (Å²) in [6.07, 6.45) is 1.54. The van der Waals surface area contributed by atoms with Crippen molar-refractivity contribution < 1.29 is 13.2 Å². The molecule has 4 rings (SSSR count). The van der Waals surface area contributed by atoms with E-state index in [1.165, 1.54) is 16.4 Å². The van der Waals surface area contributed by atoms with Crippen molar-refractivity contribution in [1.82, 2.24) is 19.2 Å². The Morgan fingerprint density at radius 3 is 2.19 bits per heavy atom. The standard InChI is InChI=1S/C22H28ClN5O3S/c1-16-15-21(25-17(2)24-16)26-9-7-18(8-10-26)22(29)27-11-13-28(14-12-27)32(30,31)20-5-3-19(23)4-6-20/h3-6,15,18H,7-14H2,1-2H3. The highest BCUT2D eigenvalue weighted by molar-refractivity contribution is 7.89. The zero-order valence-corrected chi connectivity index (χ0v) is 19.9. The van der Waals surface area contributed by atoms with Gasteiger partial charge < -0.3 is 9.80 Å². The summed E-state index contributed by atoms with van der Waals surface area (Å²) in [4.78, 5) is 26.2. The highest BCUT2D eigenvalue weighted by Gasteiger charge is 2.34. The Labute approximate surface area is 194 Å². The van der Waals surface area contributed by atoms with Crippen molar-refractivity contribution in [3.63, 3.8) is 0 Å². The molecule has 3 heterocycles. The lowest BCUT2D eigenvalue weighted by atomic mass is 9.95. The van der Waals surface area contributed by atoms with Crippen molar-refractivity contribution >= 4 is 33.3 Å². The average molecular weight is 478 g/mol. The van der Waals surface area contributed by atoms with Crippen LogP contribution < -0.4 is 4.90 Å². The van der Waals surface area contributed by atoms with E-state index in [9.17, 15) is 13.2 Å². The molecule has 0 aliphatic carbocycles. The van der Waals surface area contributed by atoms with Gasteiger partial charge in [-0.1, -0.05) is 11.6 Å². The first-order valence-corrected chi connectivity index (χ1v) is 12.7. The van der Waals surface area contributed by atoms with E-state index in [2.05, 4.69) is 14.9 Å². The summed E-state index contributed by atoms with van der Waals surface area (Å²) >= 11 is 5.87. The fourth-order valence-corrected chi connectivity index (χ4v) is 5.93. The predicted octanol–water partition coefficient (Wildman–Crippen LogP) is 2.50. The molecule has 2 fully saturated rings. The average Bonchev–Trinajstić information content (AvgIpc) is 2.78. The molecule has 1 aromatic heterocycles. The van der Waals surface area contributed by atoms with Crippen LogP contribution >= 0.6 is 11.6 Å². The highest BCUT2D eigenvalue weighted by atomic mass is 35.5. The number of benzene rings is 1. The molecule has 2 aromatic rings. The maximum Gasteiger partial charge on any atom is 0.243 e. The van der Waals surface area contributed by atoms with Crippen LogP contribution in [0.15, 0.2) is 35.2 Å². The van der Waals surface area contributed by atoms with Gasteiger partial charge >= 0.3 is 0 Å². The van der Waals surface area contributed by atoms with Gasteiger partial charge in [-0.15, -0.1) is 0 Å². The first-order valence-electron chi connectivity index (χ1n) is 10.9. The number of carbonyl (C=O) groups is 1. The number of aromatic nitrogens is 2. The third-order valence-electron chi connectivity index (χ3n) is 6.12. The number of aryl methyl sites for hydroxylation is 2. The molecule has 0 unspecified atom stereocenters. The zero-order valence-electron chi connectivity index (χ0n) is 18.4. The second-order valence-electron chi connectivity index (χ2n) is 8.36. The maximum atomic E-state index is 13.1. The van der Waals surface area contributed by atoms with Crippen LogP contribution in [0.2, 0.25) is 5.02 Å². The van der Waals surface area contributed by atoms with Crippen molar-refractivity contribution in [2.24, 2.45) is 5.92 Å². The number of rotatable bonds is 4. The number of anilines is 1. The van der Waals surface area contributed by atoms with Crippen molar-refractivity contribution in [3.05, 3.63) is 46.9 Å². The first-order chi connectivity index (χ1) is 15.2. The predicted molar refractivity (Wildman–Crippen MR) is 123 cm³/mol. The van der Waals surface area contributed by atoms with Gasteiger partial charge in [-0.2, -0.15) is 4.31 Å².